The lowest BCUT2D eigenvalue weighted by Gasteiger charge is -2.11. The Kier molecular flexibility index (Phi) is 5.71. The summed E-state index contributed by atoms with van der Waals surface area (Å²) >= 11 is 0. The van der Waals surface area contributed by atoms with E-state index < -0.39 is 0 Å². The number of carbonyl (C=O) groups excluding carboxylic acids is 1. The van der Waals surface area contributed by atoms with Crippen LogP contribution in [0.25, 0.3) is 0 Å². The Balaban J connectivity index is 1.66. The highest BCUT2D eigenvalue weighted by molar-refractivity contribution is 6.05. The van der Waals surface area contributed by atoms with E-state index >= 15 is 0 Å². The molecule has 3 aromatic rings. The van der Waals surface area contributed by atoms with Crippen molar-refractivity contribution in [1.82, 2.24) is 4.98 Å². The lowest BCUT2D eigenvalue weighted by atomic mass is 10.1. The van der Waals surface area contributed by atoms with Crippen molar-refractivity contribution < 1.29 is 9.53 Å². The van der Waals surface area contributed by atoms with E-state index in [-0.39, 0.29) is 5.91 Å². The average Bonchev–Trinajstić information content (AvgIpc) is 2.69. The van der Waals surface area contributed by atoms with Gasteiger partial charge in [-0.05, 0) is 55.3 Å². The van der Waals surface area contributed by atoms with E-state index in [1.165, 1.54) is 5.56 Å². The highest BCUT2D eigenvalue weighted by atomic mass is 16.5. The number of hydrogen-bond acceptors (Lipinski definition) is 4. The quantitative estimate of drug-likeness (QED) is 0.675. The van der Waals surface area contributed by atoms with Crippen molar-refractivity contribution in [1.29, 1.82) is 0 Å². The molecule has 27 heavy (non-hydrogen) atoms. The van der Waals surface area contributed by atoms with E-state index in [9.17, 15) is 4.79 Å². The van der Waals surface area contributed by atoms with Crippen molar-refractivity contribution in [3.8, 4) is 5.75 Å². The minimum atomic E-state index is -0.156. The molecule has 0 aliphatic rings. The van der Waals surface area contributed by atoms with E-state index in [0.29, 0.717) is 17.9 Å². The van der Waals surface area contributed by atoms with Crippen molar-refractivity contribution >= 4 is 17.4 Å². The zero-order valence-corrected chi connectivity index (χ0v) is 15.7. The second-order valence-corrected chi connectivity index (χ2v) is 6.40. The van der Waals surface area contributed by atoms with Crippen LogP contribution in [0, 0.1) is 13.8 Å². The van der Waals surface area contributed by atoms with Gasteiger partial charge in [0.15, 0.2) is 0 Å². The van der Waals surface area contributed by atoms with Gasteiger partial charge < -0.3 is 15.4 Å². The molecular weight excluding hydrogens is 338 g/mol. The van der Waals surface area contributed by atoms with Crippen LogP contribution in [0.2, 0.25) is 0 Å². The van der Waals surface area contributed by atoms with E-state index in [2.05, 4.69) is 15.6 Å². The predicted molar refractivity (Wildman–Crippen MR) is 108 cm³/mol. The standard InChI is InChI=1S/C22H23N3O2/c1-15-4-9-20(16(2)12-15)25-22(26)18-10-11-23-21(13-18)24-14-17-5-7-19(27-3)8-6-17/h4-13H,14H2,1-3H3,(H,23,24)(H,25,26). The Morgan fingerprint density at radius 2 is 1.81 bits per heavy atom. The molecule has 0 unspecified atom stereocenters. The summed E-state index contributed by atoms with van der Waals surface area (Å²) in [7, 11) is 1.64. The fourth-order valence-corrected chi connectivity index (χ4v) is 2.75. The Morgan fingerprint density at radius 1 is 1.04 bits per heavy atom. The van der Waals surface area contributed by atoms with Crippen molar-refractivity contribution in [3.63, 3.8) is 0 Å². The average molecular weight is 361 g/mol. The van der Waals surface area contributed by atoms with Crippen molar-refractivity contribution in [2.45, 2.75) is 20.4 Å². The molecule has 138 valence electrons. The van der Waals surface area contributed by atoms with Crippen LogP contribution in [0.15, 0.2) is 60.8 Å². The van der Waals surface area contributed by atoms with Gasteiger partial charge in [-0.15, -0.1) is 0 Å². The number of carbonyl (C=O) groups is 1. The summed E-state index contributed by atoms with van der Waals surface area (Å²) < 4.78 is 5.16. The lowest BCUT2D eigenvalue weighted by molar-refractivity contribution is 0.102. The summed E-state index contributed by atoms with van der Waals surface area (Å²) in [5.41, 5.74) is 4.68. The second kappa shape index (κ2) is 8.36. The summed E-state index contributed by atoms with van der Waals surface area (Å²) in [6.45, 7) is 4.62. The number of aromatic nitrogens is 1. The molecule has 0 spiro atoms. The zero-order chi connectivity index (χ0) is 19.2. The number of nitrogens with one attached hydrogen (secondary N) is 2. The molecule has 0 aliphatic carbocycles. The molecule has 1 amide bonds. The molecule has 5 nitrogen and oxygen atoms in total. The molecule has 0 fully saturated rings. The molecule has 2 aromatic carbocycles. The van der Waals surface area contributed by atoms with Crippen molar-refractivity contribution in [2.75, 3.05) is 17.7 Å². The third-order valence-electron chi connectivity index (χ3n) is 4.28. The van der Waals surface area contributed by atoms with Gasteiger partial charge in [0.25, 0.3) is 5.91 Å². The van der Waals surface area contributed by atoms with Gasteiger partial charge in [-0.1, -0.05) is 29.8 Å². The van der Waals surface area contributed by atoms with Crippen molar-refractivity contribution in [3.05, 3.63) is 83.0 Å². The Morgan fingerprint density at radius 3 is 2.52 bits per heavy atom. The zero-order valence-electron chi connectivity index (χ0n) is 15.7. The first-order chi connectivity index (χ1) is 13.0. The topological polar surface area (TPSA) is 63.2 Å². The number of rotatable bonds is 6. The SMILES string of the molecule is COc1ccc(CNc2cc(C(=O)Nc3ccc(C)cc3C)ccn2)cc1. The summed E-state index contributed by atoms with van der Waals surface area (Å²) in [5, 5.41) is 6.20. The van der Waals surface area contributed by atoms with E-state index in [0.717, 1.165) is 22.6 Å². The van der Waals surface area contributed by atoms with Gasteiger partial charge in [0.05, 0.1) is 7.11 Å². The normalized spacial score (nSPS) is 10.3. The van der Waals surface area contributed by atoms with Crippen LogP contribution in [0.4, 0.5) is 11.5 Å². The highest BCUT2D eigenvalue weighted by Crippen LogP contribution is 2.18. The number of pyridine rings is 1. The number of anilines is 2. The van der Waals surface area contributed by atoms with Gasteiger partial charge in [-0.2, -0.15) is 0 Å². The van der Waals surface area contributed by atoms with Gasteiger partial charge >= 0.3 is 0 Å². The minimum absolute atomic E-state index is 0.156. The number of hydrogen-bond donors (Lipinski definition) is 2. The number of aryl methyl sites for hydroxylation is 2. The molecule has 1 heterocycles. The molecule has 0 radical (unpaired) electrons. The van der Waals surface area contributed by atoms with Crippen molar-refractivity contribution in [2.24, 2.45) is 0 Å². The molecule has 0 saturated carbocycles. The molecule has 5 heteroatoms. The molecule has 0 bridgehead atoms. The van der Waals surface area contributed by atoms with Gasteiger partial charge in [0.2, 0.25) is 0 Å². The Hall–Kier alpha value is -3.34. The van der Waals surface area contributed by atoms with E-state index in [1.807, 2.05) is 56.3 Å². The largest absolute Gasteiger partial charge is 0.497 e. The summed E-state index contributed by atoms with van der Waals surface area (Å²) in [5.74, 6) is 1.32. The number of ether oxygens (including phenoxy) is 1. The van der Waals surface area contributed by atoms with E-state index in [1.54, 1.807) is 25.4 Å². The number of benzene rings is 2. The van der Waals surface area contributed by atoms with Gasteiger partial charge in [-0.25, -0.2) is 4.98 Å². The Labute approximate surface area is 159 Å². The summed E-state index contributed by atoms with van der Waals surface area (Å²) in [6, 6.07) is 17.2. The van der Waals surface area contributed by atoms with Crippen LogP contribution in [0.3, 0.4) is 0 Å². The first kappa shape index (κ1) is 18.5. The molecule has 0 atom stereocenters. The number of nitrogens with zero attached hydrogens (tertiary/aromatic N) is 1. The van der Waals surface area contributed by atoms with Gasteiger partial charge in [-0.3, -0.25) is 4.79 Å². The monoisotopic (exact) mass is 361 g/mol. The third-order valence-corrected chi connectivity index (χ3v) is 4.28. The predicted octanol–water partition coefficient (Wildman–Crippen LogP) is 4.57. The van der Waals surface area contributed by atoms with E-state index in [4.69, 9.17) is 4.74 Å². The maximum Gasteiger partial charge on any atom is 0.255 e. The summed E-state index contributed by atoms with van der Waals surface area (Å²) in [4.78, 5) is 16.9. The molecule has 0 aliphatic heterocycles. The summed E-state index contributed by atoms with van der Waals surface area (Å²) in [6.07, 6.45) is 1.63. The Bertz CT molecular complexity index is 937. The first-order valence-electron chi connectivity index (χ1n) is 8.76. The molecule has 2 N–H and O–H groups in total. The van der Waals surface area contributed by atoms with Crippen LogP contribution in [0.1, 0.15) is 27.0 Å². The lowest BCUT2D eigenvalue weighted by Crippen LogP contribution is -2.13. The van der Waals surface area contributed by atoms with Gasteiger partial charge in [0.1, 0.15) is 11.6 Å². The van der Waals surface area contributed by atoms with Crippen LogP contribution < -0.4 is 15.4 Å². The molecule has 3 rings (SSSR count). The molecular formula is C22H23N3O2. The fraction of sp³-hybridized carbons (Fsp3) is 0.182. The van der Waals surface area contributed by atoms with Crippen LogP contribution >= 0.6 is 0 Å². The number of methoxy groups -OCH3 is 1. The van der Waals surface area contributed by atoms with Crippen LogP contribution in [-0.4, -0.2) is 18.0 Å². The number of amides is 1. The van der Waals surface area contributed by atoms with Crippen LogP contribution in [0.5, 0.6) is 5.75 Å². The first-order valence-corrected chi connectivity index (χ1v) is 8.76. The molecule has 1 aromatic heterocycles. The minimum Gasteiger partial charge on any atom is -0.497 e. The smallest absolute Gasteiger partial charge is 0.255 e. The highest BCUT2D eigenvalue weighted by Gasteiger charge is 2.09. The third kappa shape index (κ3) is 4.85. The molecule has 0 saturated heterocycles. The second-order valence-electron chi connectivity index (χ2n) is 6.40. The van der Waals surface area contributed by atoms with Gasteiger partial charge in [0, 0.05) is 24.0 Å². The maximum absolute atomic E-state index is 12.6. The maximum atomic E-state index is 12.6. The fourth-order valence-electron chi connectivity index (χ4n) is 2.75. The van der Waals surface area contributed by atoms with Crippen LogP contribution in [-0.2, 0) is 6.54 Å².